The Hall–Kier alpha value is -0.120. The van der Waals surface area contributed by atoms with E-state index in [1.807, 2.05) is 0 Å². The van der Waals surface area contributed by atoms with E-state index in [4.69, 9.17) is 4.74 Å². The van der Waals surface area contributed by atoms with Gasteiger partial charge in [0.15, 0.2) is 0 Å². The lowest BCUT2D eigenvalue weighted by molar-refractivity contribution is -0.174. The van der Waals surface area contributed by atoms with E-state index in [-0.39, 0.29) is 0 Å². The number of hydrogen-bond donors (Lipinski definition) is 0. The van der Waals surface area contributed by atoms with E-state index in [2.05, 4.69) is 30.6 Å². The summed E-state index contributed by atoms with van der Waals surface area (Å²) in [5, 5.41) is 0. The summed E-state index contributed by atoms with van der Waals surface area (Å²) >= 11 is 0. The van der Waals surface area contributed by atoms with Gasteiger partial charge in [-0.2, -0.15) is 0 Å². The van der Waals surface area contributed by atoms with Crippen LogP contribution in [0.4, 0.5) is 0 Å². The third-order valence-corrected chi connectivity index (χ3v) is 4.88. The van der Waals surface area contributed by atoms with Gasteiger partial charge in [0.25, 0.3) is 0 Å². The lowest BCUT2D eigenvalue weighted by atomic mass is 9.76. The van der Waals surface area contributed by atoms with E-state index in [0.717, 1.165) is 19.3 Å². The molecular formula is C14H26N2O. The minimum Gasteiger partial charge on any atom is -0.378 e. The highest BCUT2D eigenvalue weighted by Crippen LogP contribution is 2.41. The van der Waals surface area contributed by atoms with Gasteiger partial charge in [0.1, 0.15) is 0 Å². The summed E-state index contributed by atoms with van der Waals surface area (Å²) in [6.07, 6.45) is 4.20. The van der Waals surface area contributed by atoms with Crippen molar-refractivity contribution in [3.05, 3.63) is 0 Å². The Morgan fingerprint density at radius 3 is 2.35 bits per heavy atom. The molecule has 3 nitrogen and oxygen atoms in total. The number of likely N-dealkylation sites (tertiary alicyclic amines) is 2. The van der Waals surface area contributed by atoms with Crippen LogP contribution in [0.2, 0.25) is 0 Å². The first-order valence-electron chi connectivity index (χ1n) is 7.11. The molecule has 1 spiro atoms. The smallest absolute Gasteiger partial charge is 0.0645 e. The zero-order valence-corrected chi connectivity index (χ0v) is 11.5. The zero-order chi connectivity index (χ0) is 12.1. The normalized spacial score (nSPS) is 31.2. The van der Waals surface area contributed by atoms with Gasteiger partial charge in [0.2, 0.25) is 0 Å². The molecule has 0 saturated carbocycles. The lowest BCUT2D eigenvalue weighted by Crippen LogP contribution is -2.77. The molecule has 3 aliphatic rings. The maximum absolute atomic E-state index is 5.39. The average molecular weight is 238 g/mol. The highest BCUT2D eigenvalue weighted by atomic mass is 16.5. The molecule has 3 heterocycles. The summed E-state index contributed by atoms with van der Waals surface area (Å²) in [5.41, 5.74) is 0.838. The van der Waals surface area contributed by atoms with Crippen LogP contribution in [0.15, 0.2) is 0 Å². The molecule has 0 aliphatic carbocycles. The highest BCUT2D eigenvalue weighted by Gasteiger charge is 2.53. The van der Waals surface area contributed by atoms with Crippen molar-refractivity contribution < 1.29 is 4.74 Å². The molecule has 0 amide bonds. The topological polar surface area (TPSA) is 15.7 Å². The van der Waals surface area contributed by atoms with Gasteiger partial charge in [0.05, 0.1) is 19.3 Å². The van der Waals surface area contributed by atoms with Gasteiger partial charge in [0, 0.05) is 24.2 Å². The van der Waals surface area contributed by atoms with Crippen molar-refractivity contribution >= 4 is 0 Å². The fourth-order valence-corrected chi connectivity index (χ4v) is 3.57. The molecule has 0 unspecified atom stereocenters. The van der Waals surface area contributed by atoms with E-state index in [0.29, 0.717) is 11.1 Å². The van der Waals surface area contributed by atoms with Gasteiger partial charge in [-0.05, 0) is 40.2 Å². The molecule has 0 aromatic rings. The molecule has 0 N–H and O–H groups in total. The number of rotatable bonds is 1. The Morgan fingerprint density at radius 2 is 1.82 bits per heavy atom. The van der Waals surface area contributed by atoms with Crippen molar-refractivity contribution in [2.24, 2.45) is 0 Å². The SMILES string of the molecule is CC(C)(C)N1CC2(CCCCN2C2COC2)C1. The summed E-state index contributed by atoms with van der Waals surface area (Å²) in [7, 11) is 0. The standard InChI is InChI=1S/C14H26N2O/c1-13(2,3)15-10-14(11-15)6-4-5-7-16(14)12-8-17-9-12/h12H,4-11H2,1-3H3. The van der Waals surface area contributed by atoms with E-state index in [1.165, 1.54) is 38.9 Å². The second-order valence-corrected chi connectivity index (χ2v) is 7.09. The van der Waals surface area contributed by atoms with Crippen LogP contribution in [-0.2, 0) is 4.74 Å². The number of ether oxygens (including phenoxy) is 1. The summed E-state index contributed by atoms with van der Waals surface area (Å²) in [6, 6.07) is 0.720. The summed E-state index contributed by atoms with van der Waals surface area (Å²) in [5.74, 6) is 0. The fourth-order valence-electron chi connectivity index (χ4n) is 3.57. The second-order valence-electron chi connectivity index (χ2n) is 7.09. The highest BCUT2D eigenvalue weighted by molar-refractivity contribution is 5.10. The van der Waals surface area contributed by atoms with Crippen LogP contribution in [0.5, 0.6) is 0 Å². The number of nitrogens with zero attached hydrogens (tertiary/aromatic N) is 2. The first-order chi connectivity index (χ1) is 8.01. The van der Waals surface area contributed by atoms with Crippen LogP contribution in [-0.4, -0.2) is 59.8 Å². The minimum atomic E-state index is 0.338. The number of piperidine rings is 1. The number of hydrogen-bond acceptors (Lipinski definition) is 3. The van der Waals surface area contributed by atoms with Gasteiger partial charge in [-0.1, -0.05) is 6.42 Å². The molecule has 3 saturated heterocycles. The summed E-state index contributed by atoms with van der Waals surface area (Å²) in [6.45, 7) is 12.8. The van der Waals surface area contributed by atoms with Gasteiger partial charge < -0.3 is 4.74 Å². The van der Waals surface area contributed by atoms with Crippen LogP contribution in [0.1, 0.15) is 40.0 Å². The van der Waals surface area contributed by atoms with Crippen LogP contribution in [0, 0.1) is 0 Å². The molecule has 3 fully saturated rings. The third-order valence-electron chi connectivity index (χ3n) is 4.88. The maximum Gasteiger partial charge on any atom is 0.0645 e. The van der Waals surface area contributed by atoms with E-state index in [1.54, 1.807) is 0 Å². The largest absolute Gasteiger partial charge is 0.378 e. The summed E-state index contributed by atoms with van der Waals surface area (Å²) in [4.78, 5) is 5.41. The van der Waals surface area contributed by atoms with E-state index < -0.39 is 0 Å². The predicted octanol–water partition coefficient (Wildman–Crippen LogP) is 1.72. The van der Waals surface area contributed by atoms with Crippen molar-refractivity contribution in [1.29, 1.82) is 0 Å². The van der Waals surface area contributed by atoms with E-state index in [9.17, 15) is 0 Å². The molecule has 98 valence electrons. The molecular weight excluding hydrogens is 212 g/mol. The molecule has 3 rings (SSSR count). The Bertz CT molecular complexity index is 287. The molecule has 3 heteroatoms. The molecule has 0 bridgehead atoms. The van der Waals surface area contributed by atoms with Crippen molar-refractivity contribution in [3.8, 4) is 0 Å². The Balaban J connectivity index is 1.68. The van der Waals surface area contributed by atoms with Gasteiger partial charge in [-0.15, -0.1) is 0 Å². The van der Waals surface area contributed by atoms with E-state index >= 15 is 0 Å². The van der Waals surface area contributed by atoms with Crippen molar-refractivity contribution in [2.75, 3.05) is 32.8 Å². The Kier molecular flexibility index (Phi) is 2.77. The third kappa shape index (κ3) is 1.92. The van der Waals surface area contributed by atoms with Crippen molar-refractivity contribution in [2.45, 2.75) is 57.2 Å². The van der Waals surface area contributed by atoms with Crippen molar-refractivity contribution in [3.63, 3.8) is 0 Å². The minimum absolute atomic E-state index is 0.338. The van der Waals surface area contributed by atoms with Gasteiger partial charge >= 0.3 is 0 Å². The maximum atomic E-state index is 5.39. The second kappa shape index (κ2) is 3.94. The Labute approximate surface area is 105 Å². The van der Waals surface area contributed by atoms with Crippen molar-refractivity contribution in [1.82, 2.24) is 9.80 Å². The predicted molar refractivity (Wildman–Crippen MR) is 69.2 cm³/mol. The van der Waals surface area contributed by atoms with Crippen LogP contribution < -0.4 is 0 Å². The van der Waals surface area contributed by atoms with Crippen LogP contribution in [0.3, 0.4) is 0 Å². The molecule has 17 heavy (non-hydrogen) atoms. The van der Waals surface area contributed by atoms with Gasteiger partial charge in [-0.25, -0.2) is 0 Å². The van der Waals surface area contributed by atoms with Crippen LogP contribution >= 0.6 is 0 Å². The molecule has 0 radical (unpaired) electrons. The summed E-state index contributed by atoms with van der Waals surface area (Å²) < 4.78 is 5.39. The molecule has 0 atom stereocenters. The fraction of sp³-hybridized carbons (Fsp3) is 1.00. The molecule has 3 aliphatic heterocycles. The van der Waals surface area contributed by atoms with Gasteiger partial charge in [-0.3, -0.25) is 9.80 Å². The van der Waals surface area contributed by atoms with Crippen LogP contribution in [0.25, 0.3) is 0 Å². The quantitative estimate of drug-likeness (QED) is 0.692. The first kappa shape index (κ1) is 11.9. The zero-order valence-electron chi connectivity index (χ0n) is 11.5. The first-order valence-corrected chi connectivity index (χ1v) is 7.11. The molecule has 0 aromatic carbocycles. The monoisotopic (exact) mass is 238 g/mol. The Morgan fingerprint density at radius 1 is 1.12 bits per heavy atom. The lowest BCUT2D eigenvalue weighted by Gasteiger charge is -2.64. The average Bonchev–Trinajstić information content (AvgIpc) is 2.10. The molecule has 0 aromatic heterocycles.